The number of hydrogen-bond donors (Lipinski definition) is 0. The number of rotatable bonds is 4. The monoisotopic (exact) mass is 400 g/mol. The fourth-order valence-corrected chi connectivity index (χ4v) is 3.86. The van der Waals surface area contributed by atoms with Crippen molar-refractivity contribution in [3.63, 3.8) is 0 Å². The Bertz CT molecular complexity index is 503. The molecule has 0 spiro atoms. The van der Waals surface area contributed by atoms with Gasteiger partial charge in [0.1, 0.15) is 0 Å². The van der Waals surface area contributed by atoms with E-state index in [9.17, 15) is 0 Å². The van der Waals surface area contributed by atoms with Crippen molar-refractivity contribution in [3.8, 4) is 0 Å². The molecule has 18 heavy (non-hydrogen) atoms. The normalized spacial score (nSPS) is 11.0. The molecule has 2 aromatic carbocycles. The van der Waals surface area contributed by atoms with E-state index in [0.717, 1.165) is 8.95 Å². The minimum absolute atomic E-state index is 1.11. The first-order valence-corrected chi connectivity index (χ1v) is 8.58. The van der Waals surface area contributed by atoms with E-state index < -0.39 is 0 Å². The smallest absolute Gasteiger partial charge is 0.0186 e. The lowest BCUT2D eigenvalue weighted by Crippen LogP contribution is -1.69. The van der Waals surface area contributed by atoms with Crippen molar-refractivity contribution in [1.29, 1.82) is 0 Å². The third kappa shape index (κ3) is 4.84. The SMILES string of the molecule is Brc1cccc(S/C=C\Sc2cccc(Br)c2)c1. The highest BCUT2D eigenvalue weighted by Gasteiger charge is 1.93. The largest absolute Gasteiger partial charge is 0.0975 e. The second-order valence-corrected chi connectivity index (χ2v) is 7.21. The number of benzene rings is 2. The van der Waals surface area contributed by atoms with Gasteiger partial charge in [-0.15, -0.1) is 0 Å². The van der Waals surface area contributed by atoms with Crippen LogP contribution in [0.1, 0.15) is 0 Å². The maximum absolute atomic E-state index is 3.47. The molecular formula is C14H10Br2S2. The first kappa shape index (κ1) is 14.3. The summed E-state index contributed by atoms with van der Waals surface area (Å²) in [6.07, 6.45) is 0. The Balaban J connectivity index is 1.89. The zero-order valence-corrected chi connectivity index (χ0v) is 14.2. The average Bonchev–Trinajstić information content (AvgIpc) is 2.35. The molecule has 0 aliphatic heterocycles. The van der Waals surface area contributed by atoms with Crippen molar-refractivity contribution < 1.29 is 0 Å². The van der Waals surface area contributed by atoms with Crippen LogP contribution in [0.15, 0.2) is 78.1 Å². The second kappa shape index (κ2) is 7.43. The predicted octanol–water partition coefficient (Wildman–Crippen LogP) is 6.57. The van der Waals surface area contributed by atoms with Gasteiger partial charge in [0.25, 0.3) is 0 Å². The van der Waals surface area contributed by atoms with Gasteiger partial charge in [-0.3, -0.25) is 0 Å². The Morgan fingerprint density at radius 1 is 0.722 bits per heavy atom. The Hall–Kier alpha value is -0.160. The van der Waals surface area contributed by atoms with Gasteiger partial charge in [-0.2, -0.15) is 0 Å². The van der Waals surface area contributed by atoms with Crippen molar-refractivity contribution in [2.24, 2.45) is 0 Å². The van der Waals surface area contributed by atoms with E-state index in [1.165, 1.54) is 9.79 Å². The van der Waals surface area contributed by atoms with Crippen molar-refractivity contribution >= 4 is 55.4 Å². The van der Waals surface area contributed by atoms with Gasteiger partial charge in [-0.1, -0.05) is 67.5 Å². The summed E-state index contributed by atoms with van der Waals surface area (Å²) in [4.78, 5) is 2.46. The van der Waals surface area contributed by atoms with Crippen LogP contribution >= 0.6 is 55.4 Å². The molecule has 0 heterocycles. The van der Waals surface area contributed by atoms with E-state index in [-0.39, 0.29) is 0 Å². The van der Waals surface area contributed by atoms with Crippen LogP contribution in [0.3, 0.4) is 0 Å². The molecule has 0 aromatic heterocycles. The Morgan fingerprint density at radius 2 is 1.17 bits per heavy atom. The standard InChI is InChI=1S/C14H10Br2S2/c15-11-3-1-5-13(9-11)17-7-8-18-14-6-2-4-12(16)10-14/h1-10H/b8-7-. The molecule has 0 aliphatic rings. The molecule has 2 aromatic rings. The van der Waals surface area contributed by atoms with Crippen LogP contribution in [0.25, 0.3) is 0 Å². The molecule has 0 N–H and O–H groups in total. The summed E-state index contributed by atoms with van der Waals surface area (Å²) >= 11 is 10.4. The van der Waals surface area contributed by atoms with Crippen LogP contribution in [0.4, 0.5) is 0 Å². The molecule has 0 amide bonds. The Kier molecular flexibility index (Phi) is 5.89. The molecular weight excluding hydrogens is 392 g/mol. The fraction of sp³-hybridized carbons (Fsp3) is 0. The van der Waals surface area contributed by atoms with E-state index >= 15 is 0 Å². The van der Waals surface area contributed by atoms with Crippen LogP contribution in [0.2, 0.25) is 0 Å². The second-order valence-electron chi connectivity index (χ2n) is 3.42. The van der Waals surface area contributed by atoms with Gasteiger partial charge in [-0.05, 0) is 47.2 Å². The average molecular weight is 402 g/mol. The van der Waals surface area contributed by atoms with E-state index in [2.05, 4.69) is 66.9 Å². The molecule has 0 saturated carbocycles. The number of hydrogen-bond acceptors (Lipinski definition) is 2. The van der Waals surface area contributed by atoms with Gasteiger partial charge >= 0.3 is 0 Å². The molecule has 0 atom stereocenters. The molecule has 0 fully saturated rings. The summed E-state index contributed by atoms with van der Waals surface area (Å²) in [6.45, 7) is 0. The predicted molar refractivity (Wildman–Crippen MR) is 89.1 cm³/mol. The lowest BCUT2D eigenvalue weighted by atomic mass is 10.4. The minimum Gasteiger partial charge on any atom is -0.0975 e. The zero-order valence-electron chi connectivity index (χ0n) is 9.35. The maximum atomic E-state index is 3.47. The van der Waals surface area contributed by atoms with Crippen molar-refractivity contribution in [2.45, 2.75) is 9.79 Å². The first-order valence-electron chi connectivity index (χ1n) is 5.23. The van der Waals surface area contributed by atoms with Gasteiger partial charge in [-0.25, -0.2) is 0 Å². The summed E-state index contributed by atoms with van der Waals surface area (Å²) in [5, 5.41) is 4.21. The lowest BCUT2D eigenvalue weighted by Gasteiger charge is -1.98. The third-order valence-corrected chi connectivity index (χ3v) is 4.81. The Morgan fingerprint density at radius 3 is 1.56 bits per heavy atom. The van der Waals surface area contributed by atoms with E-state index in [0.29, 0.717) is 0 Å². The van der Waals surface area contributed by atoms with E-state index in [4.69, 9.17) is 0 Å². The topological polar surface area (TPSA) is 0 Å². The van der Waals surface area contributed by atoms with Crippen molar-refractivity contribution in [2.75, 3.05) is 0 Å². The molecule has 0 unspecified atom stereocenters. The molecule has 4 heteroatoms. The van der Waals surface area contributed by atoms with Gasteiger partial charge in [0, 0.05) is 18.7 Å². The molecule has 0 bridgehead atoms. The van der Waals surface area contributed by atoms with Crippen LogP contribution in [0.5, 0.6) is 0 Å². The quantitative estimate of drug-likeness (QED) is 0.531. The summed E-state index contributed by atoms with van der Waals surface area (Å²) in [5.74, 6) is 0. The van der Waals surface area contributed by atoms with Crippen LogP contribution in [-0.4, -0.2) is 0 Å². The van der Waals surface area contributed by atoms with Gasteiger partial charge < -0.3 is 0 Å². The molecule has 0 aliphatic carbocycles. The molecule has 2 rings (SSSR count). The van der Waals surface area contributed by atoms with Crippen molar-refractivity contribution in [3.05, 3.63) is 68.3 Å². The highest BCUT2D eigenvalue weighted by molar-refractivity contribution is 9.10. The molecule has 92 valence electrons. The Labute approximate surface area is 133 Å². The minimum atomic E-state index is 1.11. The van der Waals surface area contributed by atoms with Crippen molar-refractivity contribution in [1.82, 2.24) is 0 Å². The fourth-order valence-electron chi connectivity index (χ4n) is 1.29. The van der Waals surface area contributed by atoms with E-state index in [1.54, 1.807) is 23.5 Å². The maximum Gasteiger partial charge on any atom is 0.0186 e. The van der Waals surface area contributed by atoms with Gasteiger partial charge in [0.05, 0.1) is 0 Å². The van der Waals surface area contributed by atoms with Crippen LogP contribution in [0, 0.1) is 0 Å². The van der Waals surface area contributed by atoms with E-state index in [1.807, 2.05) is 24.3 Å². The molecule has 0 saturated heterocycles. The van der Waals surface area contributed by atoms with Crippen LogP contribution < -0.4 is 0 Å². The molecule has 0 nitrogen and oxygen atoms in total. The van der Waals surface area contributed by atoms with Gasteiger partial charge in [0.15, 0.2) is 0 Å². The lowest BCUT2D eigenvalue weighted by molar-refractivity contribution is 1.44. The summed E-state index contributed by atoms with van der Waals surface area (Å²) < 4.78 is 2.22. The first-order chi connectivity index (χ1) is 8.74. The number of halogens is 2. The third-order valence-electron chi connectivity index (χ3n) is 2.06. The highest BCUT2D eigenvalue weighted by Crippen LogP contribution is 2.27. The number of thioether (sulfide) groups is 2. The summed E-state index contributed by atoms with van der Waals surface area (Å²) in [5.41, 5.74) is 0. The zero-order chi connectivity index (χ0) is 12.8. The molecule has 0 radical (unpaired) electrons. The summed E-state index contributed by atoms with van der Waals surface area (Å²) in [6, 6.07) is 16.6. The summed E-state index contributed by atoms with van der Waals surface area (Å²) in [7, 11) is 0. The van der Waals surface area contributed by atoms with Crippen LogP contribution in [-0.2, 0) is 0 Å². The van der Waals surface area contributed by atoms with Gasteiger partial charge in [0.2, 0.25) is 0 Å². The highest BCUT2D eigenvalue weighted by atomic mass is 79.9.